The van der Waals surface area contributed by atoms with Crippen molar-refractivity contribution in [2.75, 3.05) is 6.54 Å². The van der Waals surface area contributed by atoms with Crippen molar-refractivity contribution >= 4 is 0 Å². The monoisotopic (exact) mass is 287 g/mol. The van der Waals surface area contributed by atoms with Gasteiger partial charge < -0.3 is 5.32 Å². The van der Waals surface area contributed by atoms with Gasteiger partial charge in [0.25, 0.3) is 0 Å². The number of benzene rings is 1. The molecule has 1 nitrogen and oxygen atoms in total. The van der Waals surface area contributed by atoms with Crippen LogP contribution in [0.15, 0.2) is 24.3 Å². The molecule has 0 heterocycles. The van der Waals surface area contributed by atoms with Crippen LogP contribution in [0.2, 0.25) is 0 Å². The number of alkyl halides is 3. The smallest absolute Gasteiger partial charge is 0.314 e. The molecule has 1 rings (SSSR count). The lowest BCUT2D eigenvalue weighted by molar-refractivity contribution is -0.138. The molecule has 0 bridgehead atoms. The van der Waals surface area contributed by atoms with E-state index >= 15 is 0 Å². The highest BCUT2D eigenvalue weighted by Crippen LogP contribution is 2.32. The maximum Gasteiger partial charge on any atom is 0.416 e. The van der Waals surface area contributed by atoms with E-state index < -0.39 is 11.7 Å². The molecule has 1 unspecified atom stereocenters. The van der Waals surface area contributed by atoms with Crippen LogP contribution in [0, 0.1) is 0 Å². The van der Waals surface area contributed by atoms with Gasteiger partial charge in [-0.15, -0.1) is 0 Å². The van der Waals surface area contributed by atoms with Crippen LogP contribution in [0.3, 0.4) is 0 Å². The van der Waals surface area contributed by atoms with Crippen LogP contribution in [0.4, 0.5) is 13.2 Å². The van der Waals surface area contributed by atoms with E-state index in [0.29, 0.717) is 18.0 Å². The van der Waals surface area contributed by atoms with Gasteiger partial charge in [0.2, 0.25) is 0 Å². The molecule has 1 atom stereocenters. The van der Waals surface area contributed by atoms with E-state index in [9.17, 15) is 13.2 Å². The Morgan fingerprint density at radius 2 is 1.75 bits per heavy atom. The van der Waals surface area contributed by atoms with Crippen molar-refractivity contribution in [3.05, 3.63) is 35.4 Å². The van der Waals surface area contributed by atoms with E-state index in [1.54, 1.807) is 12.1 Å². The van der Waals surface area contributed by atoms with Gasteiger partial charge in [0.05, 0.1) is 5.56 Å². The number of hydrogen-bond acceptors (Lipinski definition) is 1. The summed E-state index contributed by atoms with van der Waals surface area (Å²) in [6.07, 6.45) is 0.0571. The maximum atomic E-state index is 12.9. The lowest BCUT2D eigenvalue weighted by Gasteiger charge is -2.19. The van der Waals surface area contributed by atoms with Crippen LogP contribution in [-0.2, 0) is 12.6 Å². The number of rotatable bonds is 8. The first-order chi connectivity index (χ1) is 9.49. The first-order valence-corrected chi connectivity index (χ1v) is 7.37. The minimum Gasteiger partial charge on any atom is -0.314 e. The summed E-state index contributed by atoms with van der Waals surface area (Å²) in [4.78, 5) is 0. The summed E-state index contributed by atoms with van der Waals surface area (Å²) >= 11 is 0. The Morgan fingerprint density at radius 3 is 2.35 bits per heavy atom. The third-order valence-corrected chi connectivity index (χ3v) is 3.41. The largest absolute Gasteiger partial charge is 0.416 e. The van der Waals surface area contributed by atoms with Crippen molar-refractivity contribution in [3.63, 3.8) is 0 Å². The number of nitrogens with one attached hydrogen (secondary N) is 1. The van der Waals surface area contributed by atoms with E-state index in [1.165, 1.54) is 12.1 Å². The first kappa shape index (κ1) is 17.0. The summed E-state index contributed by atoms with van der Waals surface area (Å²) < 4.78 is 38.7. The van der Waals surface area contributed by atoms with E-state index in [-0.39, 0.29) is 0 Å². The average molecular weight is 287 g/mol. The summed E-state index contributed by atoms with van der Waals surface area (Å²) in [5, 5.41) is 3.42. The Balaban J connectivity index is 2.67. The zero-order valence-electron chi connectivity index (χ0n) is 12.3. The maximum absolute atomic E-state index is 12.9. The van der Waals surface area contributed by atoms with Crippen molar-refractivity contribution in [1.29, 1.82) is 0 Å². The minimum atomic E-state index is -4.26. The first-order valence-electron chi connectivity index (χ1n) is 7.37. The summed E-state index contributed by atoms with van der Waals surface area (Å²) in [5.74, 6) is 0. The highest BCUT2D eigenvalue weighted by Gasteiger charge is 2.32. The molecular weight excluding hydrogens is 263 g/mol. The highest BCUT2D eigenvalue weighted by molar-refractivity contribution is 5.29. The van der Waals surface area contributed by atoms with Crippen LogP contribution < -0.4 is 5.32 Å². The number of hydrogen-bond donors (Lipinski definition) is 1. The van der Waals surface area contributed by atoms with Gasteiger partial charge >= 0.3 is 6.18 Å². The second kappa shape index (κ2) is 8.30. The highest BCUT2D eigenvalue weighted by atomic mass is 19.4. The summed E-state index contributed by atoms with van der Waals surface area (Å²) in [7, 11) is 0. The second-order valence-corrected chi connectivity index (χ2v) is 5.13. The fraction of sp³-hybridized carbons (Fsp3) is 0.625. The Labute approximate surface area is 119 Å². The molecule has 0 radical (unpaired) electrons. The molecule has 4 heteroatoms. The predicted molar refractivity (Wildman–Crippen MR) is 76.8 cm³/mol. The third kappa shape index (κ3) is 5.53. The fourth-order valence-corrected chi connectivity index (χ4v) is 2.39. The Hall–Kier alpha value is -1.03. The van der Waals surface area contributed by atoms with Gasteiger partial charge in [0.1, 0.15) is 0 Å². The second-order valence-electron chi connectivity index (χ2n) is 5.13. The Morgan fingerprint density at radius 1 is 1.05 bits per heavy atom. The number of halogens is 3. The Bertz CT molecular complexity index is 388. The summed E-state index contributed by atoms with van der Waals surface area (Å²) in [6, 6.07) is 6.19. The number of aryl methyl sites for hydroxylation is 1. The van der Waals surface area contributed by atoms with Crippen LogP contribution in [0.5, 0.6) is 0 Å². The van der Waals surface area contributed by atoms with Crippen molar-refractivity contribution in [2.24, 2.45) is 0 Å². The van der Waals surface area contributed by atoms with E-state index in [2.05, 4.69) is 19.2 Å². The van der Waals surface area contributed by atoms with Crippen molar-refractivity contribution < 1.29 is 13.2 Å². The van der Waals surface area contributed by atoms with E-state index in [1.807, 2.05) is 0 Å². The van der Waals surface area contributed by atoms with Crippen molar-refractivity contribution in [3.8, 4) is 0 Å². The molecule has 1 aromatic carbocycles. The van der Waals surface area contributed by atoms with Gasteiger partial charge in [0, 0.05) is 6.04 Å². The molecule has 0 aliphatic heterocycles. The molecule has 0 fully saturated rings. The quantitative estimate of drug-likeness (QED) is 0.723. The van der Waals surface area contributed by atoms with Gasteiger partial charge in [-0.05, 0) is 43.9 Å². The normalized spacial score (nSPS) is 13.4. The molecule has 0 aliphatic carbocycles. The van der Waals surface area contributed by atoms with Crippen LogP contribution >= 0.6 is 0 Å². The van der Waals surface area contributed by atoms with E-state index in [4.69, 9.17) is 0 Å². The molecular formula is C16H24F3N. The topological polar surface area (TPSA) is 12.0 Å². The molecule has 114 valence electrons. The van der Waals surface area contributed by atoms with Crippen LogP contribution in [0.1, 0.15) is 50.7 Å². The summed E-state index contributed by atoms with van der Waals surface area (Å²) in [5.41, 5.74) is -0.0925. The zero-order valence-corrected chi connectivity index (χ0v) is 12.3. The van der Waals surface area contributed by atoms with Crippen LogP contribution in [-0.4, -0.2) is 12.6 Å². The van der Waals surface area contributed by atoms with Gasteiger partial charge in [-0.25, -0.2) is 0 Å². The van der Waals surface area contributed by atoms with Gasteiger partial charge in [0.15, 0.2) is 0 Å². The zero-order chi connectivity index (χ0) is 15.0. The molecule has 1 N–H and O–H groups in total. The molecule has 0 saturated carbocycles. The van der Waals surface area contributed by atoms with Gasteiger partial charge in [-0.3, -0.25) is 0 Å². The molecule has 0 spiro atoms. The lowest BCUT2D eigenvalue weighted by Crippen LogP contribution is -2.30. The van der Waals surface area contributed by atoms with Crippen molar-refractivity contribution in [2.45, 2.75) is 58.2 Å². The lowest BCUT2D eigenvalue weighted by atomic mass is 9.98. The SMILES string of the molecule is CCCNC(CCC)CCc1ccccc1C(F)(F)F. The fourth-order valence-electron chi connectivity index (χ4n) is 2.39. The van der Waals surface area contributed by atoms with E-state index in [0.717, 1.165) is 32.2 Å². The minimum absolute atomic E-state index is 0.307. The Kier molecular flexibility index (Phi) is 7.06. The molecule has 0 aliphatic rings. The predicted octanol–water partition coefficient (Wildman–Crippen LogP) is 4.81. The molecule has 20 heavy (non-hydrogen) atoms. The molecule has 0 saturated heterocycles. The molecule has 1 aromatic rings. The average Bonchev–Trinajstić information content (AvgIpc) is 2.41. The van der Waals surface area contributed by atoms with Crippen molar-refractivity contribution in [1.82, 2.24) is 5.32 Å². The molecule has 0 aromatic heterocycles. The molecule has 0 amide bonds. The summed E-state index contributed by atoms with van der Waals surface area (Å²) in [6.45, 7) is 5.12. The standard InChI is InChI=1S/C16H24F3N/c1-3-7-14(20-12-4-2)11-10-13-8-5-6-9-15(13)16(17,18)19/h5-6,8-9,14,20H,3-4,7,10-12H2,1-2H3. The van der Waals surface area contributed by atoms with Gasteiger partial charge in [-0.1, -0.05) is 38.5 Å². The van der Waals surface area contributed by atoms with Gasteiger partial charge in [-0.2, -0.15) is 13.2 Å². The third-order valence-electron chi connectivity index (χ3n) is 3.41. The van der Waals surface area contributed by atoms with Crippen LogP contribution in [0.25, 0.3) is 0 Å².